The third-order valence-electron chi connectivity index (χ3n) is 4.48. The second-order valence-electron chi connectivity index (χ2n) is 6.32. The third kappa shape index (κ3) is 4.99. The van der Waals surface area contributed by atoms with E-state index in [-0.39, 0.29) is 30.3 Å². The Morgan fingerprint density at radius 2 is 2.19 bits per heavy atom. The lowest BCUT2D eigenvalue weighted by molar-refractivity contribution is 0.0635. The number of aromatic nitrogens is 1. The van der Waals surface area contributed by atoms with Crippen molar-refractivity contribution < 1.29 is 9.59 Å². The summed E-state index contributed by atoms with van der Waals surface area (Å²) >= 11 is 7.66. The smallest absolute Gasteiger partial charge is 0.275 e. The quantitative estimate of drug-likeness (QED) is 0.771. The first kappa shape index (κ1) is 21.6. The number of nitrogens with zero attached hydrogens (tertiary/aromatic N) is 2. The van der Waals surface area contributed by atoms with E-state index < -0.39 is 0 Å². The summed E-state index contributed by atoms with van der Waals surface area (Å²) in [5.41, 5.74) is 6.80. The van der Waals surface area contributed by atoms with Gasteiger partial charge in [-0.15, -0.1) is 23.7 Å². The fraction of sp³-hybridized carbons (Fsp3) is 0.389. The summed E-state index contributed by atoms with van der Waals surface area (Å²) in [4.78, 5) is 31.0. The minimum atomic E-state index is -0.333. The molecule has 0 aliphatic carbocycles. The van der Waals surface area contributed by atoms with Crippen LogP contribution in [0.3, 0.4) is 0 Å². The number of hydrogen-bond donors (Lipinski definition) is 2. The highest BCUT2D eigenvalue weighted by atomic mass is 35.5. The largest absolute Gasteiger partial charge is 0.336 e. The number of benzene rings is 1. The Morgan fingerprint density at radius 3 is 2.81 bits per heavy atom. The standard InChI is InChI=1S/C18H21ClN4O2S.ClH/c1-11-4-2-3-7-23(11)18(25)13-6-5-12(8-14(13)19)21-17(24)15-10-26-16(9-20)22-15;/h5-6,8,10-11H,2-4,7,9,20H2,1H3,(H,21,24);1H. The molecule has 1 saturated heterocycles. The molecule has 9 heteroatoms. The molecule has 1 aliphatic heterocycles. The fourth-order valence-corrected chi connectivity index (χ4v) is 3.94. The number of nitrogens with two attached hydrogens (primary N) is 1. The van der Waals surface area contributed by atoms with Crippen molar-refractivity contribution in [2.24, 2.45) is 5.73 Å². The van der Waals surface area contributed by atoms with Gasteiger partial charge in [0.2, 0.25) is 0 Å². The molecule has 2 aromatic rings. The molecule has 0 bridgehead atoms. The molecule has 3 N–H and O–H groups in total. The second-order valence-corrected chi connectivity index (χ2v) is 7.67. The van der Waals surface area contributed by atoms with E-state index in [4.69, 9.17) is 17.3 Å². The summed E-state index contributed by atoms with van der Waals surface area (Å²) in [5.74, 6) is -0.395. The second kappa shape index (κ2) is 9.50. The summed E-state index contributed by atoms with van der Waals surface area (Å²) < 4.78 is 0. The summed E-state index contributed by atoms with van der Waals surface area (Å²) in [6.45, 7) is 3.11. The number of anilines is 1. The van der Waals surface area contributed by atoms with Gasteiger partial charge in [-0.1, -0.05) is 11.6 Å². The molecule has 0 radical (unpaired) electrons. The van der Waals surface area contributed by atoms with Gasteiger partial charge in [0.15, 0.2) is 0 Å². The molecule has 27 heavy (non-hydrogen) atoms. The number of likely N-dealkylation sites (tertiary alicyclic amines) is 1. The molecule has 3 rings (SSSR count). The Kier molecular flexibility index (Phi) is 7.61. The van der Waals surface area contributed by atoms with Gasteiger partial charge >= 0.3 is 0 Å². The Bertz CT molecular complexity index is 827. The molecule has 6 nitrogen and oxygen atoms in total. The van der Waals surface area contributed by atoms with Crippen LogP contribution < -0.4 is 11.1 Å². The predicted octanol–water partition coefficient (Wildman–Crippen LogP) is 3.94. The molecule has 1 aromatic carbocycles. The molecule has 2 heterocycles. The zero-order chi connectivity index (χ0) is 18.7. The number of hydrogen-bond acceptors (Lipinski definition) is 5. The van der Waals surface area contributed by atoms with Gasteiger partial charge in [0.25, 0.3) is 11.8 Å². The Balaban J connectivity index is 0.00000261. The first-order valence-corrected chi connectivity index (χ1v) is 9.81. The van der Waals surface area contributed by atoms with Gasteiger partial charge in [-0.3, -0.25) is 9.59 Å². The molecule has 1 unspecified atom stereocenters. The fourth-order valence-electron chi connectivity index (χ4n) is 3.02. The van der Waals surface area contributed by atoms with Crippen molar-refractivity contribution in [2.45, 2.75) is 38.8 Å². The maximum Gasteiger partial charge on any atom is 0.275 e. The molecular formula is C18H22Cl2N4O2S. The zero-order valence-electron chi connectivity index (χ0n) is 14.9. The lowest BCUT2D eigenvalue weighted by atomic mass is 10.0. The van der Waals surface area contributed by atoms with Crippen molar-refractivity contribution in [3.8, 4) is 0 Å². The van der Waals surface area contributed by atoms with E-state index in [1.807, 2.05) is 4.90 Å². The van der Waals surface area contributed by atoms with E-state index in [2.05, 4.69) is 17.2 Å². The van der Waals surface area contributed by atoms with E-state index in [0.29, 0.717) is 33.5 Å². The van der Waals surface area contributed by atoms with Crippen LogP contribution in [-0.4, -0.2) is 34.3 Å². The van der Waals surface area contributed by atoms with E-state index in [0.717, 1.165) is 25.8 Å². The van der Waals surface area contributed by atoms with Crippen LogP contribution in [0.25, 0.3) is 0 Å². The van der Waals surface area contributed by atoms with Crippen molar-refractivity contribution in [3.05, 3.63) is 44.9 Å². The van der Waals surface area contributed by atoms with E-state index in [1.165, 1.54) is 11.3 Å². The van der Waals surface area contributed by atoms with Gasteiger partial charge in [0.05, 0.1) is 10.6 Å². The van der Waals surface area contributed by atoms with E-state index in [1.54, 1.807) is 23.6 Å². The molecule has 2 amide bonds. The lowest BCUT2D eigenvalue weighted by Crippen LogP contribution is -2.42. The Morgan fingerprint density at radius 1 is 1.41 bits per heavy atom. The summed E-state index contributed by atoms with van der Waals surface area (Å²) in [6, 6.07) is 5.15. The number of thiazole rings is 1. The third-order valence-corrected chi connectivity index (χ3v) is 5.66. The molecule has 1 aromatic heterocycles. The minimum absolute atomic E-state index is 0. The van der Waals surface area contributed by atoms with Crippen LogP contribution in [0.1, 0.15) is 52.0 Å². The van der Waals surface area contributed by atoms with Crippen molar-refractivity contribution in [2.75, 3.05) is 11.9 Å². The average molecular weight is 429 g/mol. The van der Waals surface area contributed by atoms with Crippen molar-refractivity contribution in [1.82, 2.24) is 9.88 Å². The van der Waals surface area contributed by atoms with Crippen molar-refractivity contribution >= 4 is 52.8 Å². The van der Waals surface area contributed by atoms with Gasteiger partial charge in [-0.25, -0.2) is 4.98 Å². The molecule has 146 valence electrons. The van der Waals surface area contributed by atoms with Crippen molar-refractivity contribution in [1.29, 1.82) is 0 Å². The Hall–Kier alpha value is -1.67. The number of nitrogens with one attached hydrogen (secondary N) is 1. The number of rotatable bonds is 4. The SMILES string of the molecule is CC1CCCCN1C(=O)c1ccc(NC(=O)c2csc(CN)n2)cc1Cl.Cl. The maximum atomic E-state index is 12.8. The highest BCUT2D eigenvalue weighted by Gasteiger charge is 2.25. The summed E-state index contributed by atoms with van der Waals surface area (Å²) in [5, 5.41) is 5.43. The maximum absolute atomic E-state index is 12.8. The number of carbonyl (C=O) groups excluding carboxylic acids is 2. The van der Waals surface area contributed by atoms with Gasteiger partial charge < -0.3 is 16.0 Å². The normalized spacial score (nSPS) is 16.6. The number of piperidine rings is 1. The van der Waals surface area contributed by atoms with Gasteiger partial charge in [0, 0.05) is 30.2 Å². The van der Waals surface area contributed by atoms with Crippen LogP contribution in [-0.2, 0) is 6.54 Å². The van der Waals surface area contributed by atoms with Crippen LogP contribution in [0.5, 0.6) is 0 Å². The van der Waals surface area contributed by atoms with Crippen molar-refractivity contribution in [3.63, 3.8) is 0 Å². The van der Waals surface area contributed by atoms with E-state index >= 15 is 0 Å². The molecule has 1 atom stereocenters. The number of carbonyl (C=O) groups is 2. The monoisotopic (exact) mass is 428 g/mol. The predicted molar refractivity (Wildman–Crippen MR) is 111 cm³/mol. The van der Waals surface area contributed by atoms with Gasteiger partial charge in [-0.05, 0) is 44.4 Å². The highest BCUT2D eigenvalue weighted by Crippen LogP contribution is 2.26. The van der Waals surface area contributed by atoms with Gasteiger partial charge in [0.1, 0.15) is 10.7 Å². The number of amides is 2. The van der Waals surface area contributed by atoms with Crippen LogP contribution >= 0.6 is 35.3 Å². The molecular weight excluding hydrogens is 407 g/mol. The molecule has 1 aliphatic rings. The molecule has 0 saturated carbocycles. The van der Waals surface area contributed by atoms with Crippen LogP contribution in [0.15, 0.2) is 23.6 Å². The Labute approximate surface area is 173 Å². The molecule has 0 spiro atoms. The summed E-state index contributed by atoms with van der Waals surface area (Å²) in [7, 11) is 0. The first-order valence-electron chi connectivity index (χ1n) is 8.56. The van der Waals surface area contributed by atoms with Gasteiger partial charge in [-0.2, -0.15) is 0 Å². The number of halogens is 2. The zero-order valence-corrected chi connectivity index (χ0v) is 17.3. The highest BCUT2D eigenvalue weighted by molar-refractivity contribution is 7.09. The summed E-state index contributed by atoms with van der Waals surface area (Å²) in [6.07, 6.45) is 3.17. The lowest BCUT2D eigenvalue weighted by Gasteiger charge is -2.33. The average Bonchev–Trinajstić information content (AvgIpc) is 3.11. The topological polar surface area (TPSA) is 88.3 Å². The minimum Gasteiger partial charge on any atom is -0.336 e. The molecule has 1 fully saturated rings. The van der Waals surface area contributed by atoms with Crippen LogP contribution in [0.2, 0.25) is 5.02 Å². The van der Waals surface area contributed by atoms with Crippen LogP contribution in [0, 0.1) is 0 Å². The first-order chi connectivity index (χ1) is 12.5. The van der Waals surface area contributed by atoms with Crippen LogP contribution in [0.4, 0.5) is 5.69 Å². The van der Waals surface area contributed by atoms with E-state index in [9.17, 15) is 9.59 Å².